The van der Waals surface area contributed by atoms with Crippen molar-refractivity contribution in [1.82, 2.24) is 10.3 Å². The predicted octanol–water partition coefficient (Wildman–Crippen LogP) is 3.59. The van der Waals surface area contributed by atoms with Crippen molar-refractivity contribution < 1.29 is 0 Å². The molecule has 0 bridgehead atoms. The summed E-state index contributed by atoms with van der Waals surface area (Å²) in [5.41, 5.74) is 2.50. The maximum absolute atomic E-state index is 4.67. The first kappa shape index (κ1) is 15.0. The van der Waals surface area contributed by atoms with Crippen LogP contribution in [0.2, 0.25) is 0 Å². The summed E-state index contributed by atoms with van der Waals surface area (Å²) < 4.78 is 0. The number of anilines is 1. The zero-order valence-electron chi connectivity index (χ0n) is 12.5. The minimum Gasteiger partial charge on any atom is -0.352 e. The number of nitrogens with zero attached hydrogens (tertiary/aromatic N) is 2. The first-order valence-corrected chi connectivity index (χ1v) is 8.06. The Bertz CT molecular complexity index is 523. The van der Waals surface area contributed by atoms with Gasteiger partial charge in [0.15, 0.2) is 0 Å². The third-order valence-corrected chi connectivity index (χ3v) is 4.16. The maximum Gasteiger partial charge on any atom is 0.131 e. The number of rotatable bonds is 7. The van der Waals surface area contributed by atoms with Crippen LogP contribution in [0.4, 0.5) is 5.82 Å². The van der Waals surface area contributed by atoms with Crippen molar-refractivity contribution in [3.63, 3.8) is 0 Å². The molecule has 0 amide bonds. The number of aryl methyl sites for hydroxylation is 1. The van der Waals surface area contributed by atoms with Crippen molar-refractivity contribution in [2.45, 2.75) is 33.9 Å². The zero-order chi connectivity index (χ0) is 14.4. The lowest BCUT2D eigenvalue weighted by Gasteiger charge is -2.23. The average molecular weight is 289 g/mol. The molecule has 0 fully saturated rings. The maximum atomic E-state index is 4.67. The molecule has 2 rings (SSSR count). The largest absolute Gasteiger partial charge is 0.352 e. The topological polar surface area (TPSA) is 28.2 Å². The van der Waals surface area contributed by atoms with Crippen LogP contribution in [0.5, 0.6) is 0 Å². The SMILES string of the molecule is CCNCc1cnc(N(CC)Cc2cccs2)c(C)c1. The second-order valence-electron chi connectivity index (χ2n) is 4.86. The van der Waals surface area contributed by atoms with Crippen LogP contribution in [0.15, 0.2) is 29.8 Å². The Balaban J connectivity index is 2.13. The molecule has 1 N–H and O–H groups in total. The lowest BCUT2D eigenvalue weighted by Crippen LogP contribution is -2.23. The van der Waals surface area contributed by atoms with E-state index in [4.69, 9.17) is 0 Å². The number of hydrogen-bond donors (Lipinski definition) is 1. The minimum atomic E-state index is 0.891. The Morgan fingerprint density at radius 3 is 2.80 bits per heavy atom. The first-order chi connectivity index (χ1) is 9.74. The zero-order valence-corrected chi connectivity index (χ0v) is 13.3. The molecule has 0 saturated heterocycles. The monoisotopic (exact) mass is 289 g/mol. The van der Waals surface area contributed by atoms with Gasteiger partial charge in [-0.3, -0.25) is 0 Å². The summed E-state index contributed by atoms with van der Waals surface area (Å²) in [6, 6.07) is 6.53. The van der Waals surface area contributed by atoms with Gasteiger partial charge in [0.2, 0.25) is 0 Å². The molecular weight excluding hydrogens is 266 g/mol. The van der Waals surface area contributed by atoms with Crippen molar-refractivity contribution >= 4 is 17.2 Å². The van der Waals surface area contributed by atoms with E-state index >= 15 is 0 Å². The molecule has 0 aromatic carbocycles. The highest BCUT2D eigenvalue weighted by atomic mass is 32.1. The van der Waals surface area contributed by atoms with Crippen molar-refractivity contribution in [2.75, 3.05) is 18.0 Å². The molecule has 3 nitrogen and oxygen atoms in total. The van der Waals surface area contributed by atoms with E-state index in [0.717, 1.165) is 32.0 Å². The van der Waals surface area contributed by atoms with Gasteiger partial charge in [0, 0.05) is 24.2 Å². The van der Waals surface area contributed by atoms with Gasteiger partial charge in [0.05, 0.1) is 6.54 Å². The van der Waals surface area contributed by atoms with Crippen LogP contribution < -0.4 is 10.2 Å². The fraction of sp³-hybridized carbons (Fsp3) is 0.438. The van der Waals surface area contributed by atoms with Crippen molar-refractivity contribution in [1.29, 1.82) is 0 Å². The Kier molecular flexibility index (Phi) is 5.56. The molecule has 0 radical (unpaired) electrons. The highest BCUT2D eigenvalue weighted by Gasteiger charge is 2.10. The van der Waals surface area contributed by atoms with E-state index in [-0.39, 0.29) is 0 Å². The second kappa shape index (κ2) is 7.41. The molecule has 0 aliphatic carbocycles. The van der Waals surface area contributed by atoms with Gasteiger partial charge in [0.1, 0.15) is 5.82 Å². The van der Waals surface area contributed by atoms with E-state index in [0.29, 0.717) is 0 Å². The molecule has 2 aromatic heterocycles. The standard InChI is InChI=1S/C16H23N3S/c1-4-17-10-14-9-13(3)16(18-11-14)19(5-2)12-15-7-6-8-20-15/h6-9,11,17H,4-5,10,12H2,1-3H3. The van der Waals surface area contributed by atoms with Crippen LogP contribution in [-0.4, -0.2) is 18.1 Å². The molecule has 0 spiro atoms. The number of aromatic nitrogens is 1. The Labute approximate surface area is 125 Å². The van der Waals surface area contributed by atoms with Crippen LogP contribution in [0.3, 0.4) is 0 Å². The van der Waals surface area contributed by atoms with Crippen molar-refractivity contribution in [2.24, 2.45) is 0 Å². The lowest BCUT2D eigenvalue weighted by molar-refractivity contribution is 0.722. The van der Waals surface area contributed by atoms with E-state index in [9.17, 15) is 0 Å². The number of nitrogens with one attached hydrogen (secondary N) is 1. The summed E-state index contributed by atoms with van der Waals surface area (Å²) in [6.07, 6.45) is 1.99. The van der Waals surface area contributed by atoms with Gasteiger partial charge in [-0.05, 0) is 49.0 Å². The Morgan fingerprint density at radius 2 is 2.20 bits per heavy atom. The van der Waals surface area contributed by atoms with Crippen LogP contribution in [-0.2, 0) is 13.1 Å². The quantitative estimate of drug-likeness (QED) is 0.844. The number of thiophene rings is 1. The molecule has 0 saturated carbocycles. The molecule has 108 valence electrons. The van der Waals surface area contributed by atoms with Crippen LogP contribution in [0.25, 0.3) is 0 Å². The van der Waals surface area contributed by atoms with Crippen LogP contribution in [0.1, 0.15) is 29.9 Å². The molecule has 0 aliphatic heterocycles. The summed E-state index contributed by atoms with van der Waals surface area (Å²) in [6.45, 7) is 10.2. The molecule has 4 heteroatoms. The average Bonchev–Trinajstić information content (AvgIpc) is 2.96. The molecular formula is C16H23N3S. The van der Waals surface area contributed by atoms with E-state index in [1.165, 1.54) is 16.0 Å². The number of pyridine rings is 1. The van der Waals surface area contributed by atoms with Gasteiger partial charge in [-0.15, -0.1) is 11.3 Å². The smallest absolute Gasteiger partial charge is 0.131 e. The fourth-order valence-electron chi connectivity index (χ4n) is 2.25. The van der Waals surface area contributed by atoms with Gasteiger partial charge in [-0.25, -0.2) is 4.98 Å². The third kappa shape index (κ3) is 3.81. The van der Waals surface area contributed by atoms with Crippen molar-refractivity contribution in [3.05, 3.63) is 45.8 Å². The summed E-state index contributed by atoms with van der Waals surface area (Å²) >= 11 is 1.80. The van der Waals surface area contributed by atoms with Gasteiger partial charge in [-0.1, -0.05) is 13.0 Å². The predicted molar refractivity (Wildman–Crippen MR) is 87.4 cm³/mol. The molecule has 0 aliphatic rings. The highest BCUT2D eigenvalue weighted by Crippen LogP contribution is 2.21. The van der Waals surface area contributed by atoms with E-state index in [1.807, 2.05) is 6.20 Å². The summed E-state index contributed by atoms with van der Waals surface area (Å²) in [5.74, 6) is 1.10. The summed E-state index contributed by atoms with van der Waals surface area (Å²) in [5, 5.41) is 5.47. The minimum absolute atomic E-state index is 0.891. The van der Waals surface area contributed by atoms with Crippen LogP contribution >= 0.6 is 11.3 Å². The molecule has 20 heavy (non-hydrogen) atoms. The fourth-order valence-corrected chi connectivity index (χ4v) is 2.97. The van der Waals surface area contributed by atoms with Gasteiger partial charge in [0.25, 0.3) is 0 Å². The number of hydrogen-bond acceptors (Lipinski definition) is 4. The van der Waals surface area contributed by atoms with Gasteiger partial charge >= 0.3 is 0 Å². The first-order valence-electron chi connectivity index (χ1n) is 7.18. The molecule has 2 heterocycles. The highest BCUT2D eigenvalue weighted by molar-refractivity contribution is 7.09. The summed E-state index contributed by atoms with van der Waals surface area (Å²) in [4.78, 5) is 8.38. The molecule has 0 atom stereocenters. The summed E-state index contributed by atoms with van der Waals surface area (Å²) in [7, 11) is 0. The van der Waals surface area contributed by atoms with Gasteiger partial charge in [-0.2, -0.15) is 0 Å². The van der Waals surface area contributed by atoms with Gasteiger partial charge < -0.3 is 10.2 Å². The molecule has 2 aromatic rings. The van der Waals surface area contributed by atoms with E-state index in [1.54, 1.807) is 11.3 Å². The van der Waals surface area contributed by atoms with E-state index in [2.05, 4.69) is 59.6 Å². The second-order valence-corrected chi connectivity index (χ2v) is 5.89. The normalized spacial score (nSPS) is 10.8. The van der Waals surface area contributed by atoms with Crippen LogP contribution in [0, 0.1) is 6.92 Å². The third-order valence-electron chi connectivity index (χ3n) is 3.29. The lowest BCUT2D eigenvalue weighted by atomic mass is 10.2. The van der Waals surface area contributed by atoms with Crippen molar-refractivity contribution in [3.8, 4) is 0 Å². The van der Waals surface area contributed by atoms with E-state index < -0.39 is 0 Å². The molecule has 0 unspecified atom stereocenters. The Hall–Kier alpha value is -1.39. The Morgan fingerprint density at radius 1 is 1.35 bits per heavy atom.